The molecule has 2 heterocycles. The molecule has 10 aromatic rings. The Labute approximate surface area is 483 Å². The first-order valence-corrected chi connectivity index (χ1v) is 25.5. The summed E-state index contributed by atoms with van der Waals surface area (Å²) in [4.78, 5) is 10.4. The number of fused-ring (bicyclic) bond motifs is 1. The van der Waals surface area contributed by atoms with E-state index in [9.17, 15) is 9.22 Å². The van der Waals surface area contributed by atoms with Crippen LogP contribution in [0.2, 0.25) is 0 Å². The zero-order chi connectivity index (χ0) is 63.2. The largest absolute Gasteiger partial charge is 0.507 e. The number of aromatic hydroxyl groups is 1. The smallest absolute Gasteiger partial charge is 0.148 e. The van der Waals surface area contributed by atoms with E-state index in [0.29, 0.717) is 67.2 Å². The van der Waals surface area contributed by atoms with Gasteiger partial charge in [-0.1, -0.05) is 233 Å². The molecule has 5 heteroatoms. The van der Waals surface area contributed by atoms with Crippen LogP contribution in [-0.2, 0) is 42.7 Å². The Bertz CT molecular complexity index is 4180. The molecule has 10 rings (SSSR count). The number of rotatable bonds is 8. The van der Waals surface area contributed by atoms with E-state index in [1.54, 1.807) is 18.3 Å². The Balaban J connectivity index is 0.00000922. The second-order valence-corrected chi connectivity index (χ2v) is 22.8. The Morgan fingerprint density at radius 1 is 0.487 bits per heavy atom. The molecule has 0 aliphatic rings. The molecule has 0 atom stereocenters. The van der Waals surface area contributed by atoms with Gasteiger partial charge in [-0.25, -0.2) is 4.98 Å². The van der Waals surface area contributed by atoms with Gasteiger partial charge in [-0.3, -0.25) is 9.55 Å². The molecule has 0 radical (unpaired) electrons. The summed E-state index contributed by atoms with van der Waals surface area (Å²) < 4.78 is 104. The Hall–Kier alpha value is -7.13. The van der Waals surface area contributed by atoms with Gasteiger partial charge in [0.2, 0.25) is 0 Å². The van der Waals surface area contributed by atoms with Crippen LogP contribution in [0, 0.1) is 12.9 Å². The minimum absolute atomic E-state index is 0. The number of benzene rings is 8. The van der Waals surface area contributed by atoms with Crippen LogP contribution in [0.3, 0.4) is 0 Å². The van der Waals surface area contributed by atoms with Gasteiger partial charge in [-0.2, -0.15) is 0 Å². The standard InChI is InChI=1S/C71H70N3O.Pt/c1-45-38-50(64-56(48-24-18-15-19-25-48)26-20-28-59(64)70(8,9)10)32-35-62(45)74-63-29-21-27-57(65(63)73-67(74)58-43-55(69(5,6)7)44-60(66(58)75)71(11,12)13)52-39-51(46-22-16-14-17-23-46)40-53(41-52)61-42-49(36-37-72-61)47-30-33-54(34-31-47)68(2,3)4;/h14-40,42-44,75H,1-13H3;/q-1;/i1D3,2D3,3D3,4D3;. The summed E-state index contributed by atoms with van der Waals surface area (Å²) in [6, 6.07) is 58.5. The average Bonchev–Trinajstić information content (AvgIpc) is 0.848. The minimum Gasteiger partial charge on any atom is -0.507 e. The fourth-order valence-electron chi connectivity index (χ4n) is 10.1. The Morgan fingerprint density at radius 2 is 1.12 bits per heavy atom. The molecule has 0 aliphatic heterocycles. The summed E-state index contributed by atoms with van der Waals surface area (Å²) in [5.41, 5.74) is 8.82. The Kier molecular flexibility index (Phi) is 10.8. The van der Waals surface area contributed by atoms with Gasteiger partial charge in [0, 0.05) is 55.0 Å². The molecule has 2 aromatic heterocycles. The van der Waals surface area contributed by atoms with E-state index in [2.05, 4.69) is 98.7 Å². The van der Waals surface area contributed by atoms with E-state index >= 15 is 0 Å². The van der Waals surface area contributed by atoms with Crippen molar-refractivity contribution in [2.24, 2.45) is 0 Å². The molecule has 0 fully saturated rings. The van der Waals surface area contributed by atoms with Crippen molar-refractivity contribution in [2.75, 3.05) is 0 Å². The molecule has 0 unspecified atom stereocenters. The first-order chi connectivity index (χ1) is 40.5. The molecular weight excluding hydrogens is 1110 g/mol. The van der Waals surface area contributed by atoms with Crippen molar-refractivity contribution in [3.63, 3.8) is 0 Å². The second kappa shape index (κ2) is 20.4. The fraction of sp³-hybridized carbons (Fsp3) is 0.239. The van der Waals surface area contributed by atoms with Crippen LogP contribution in [0.4, 0.5) is 0 Å². The van der Waals surface area contributed by atoms with Crippen LogP contribution >= 0.6 is 0 Å². The van der Waals surface area contributed by atoms with E-state index in [4.69, 9.17) is 22.3 Å². The van der Waals surface area contributed by atoms with Crippen LogP contribution in [-0.4, -0.2) is 19.6 Å². The maximum Gasteiger partial charge on any atom is 0.148 e. The summed E-state index contributed by atoms with van der Waals surface area (Å²) in [6.45, 7) is 6.09. The van der Waals surface area contributed by atoms with Crippen LogP contribution in [0.1, 0.15) is 127 Å². The Morgan fingerprint density at radius 3 is 1.78 bits per heavy atom. The van der Waals surface area contributed by atoms with Crippen molar-refractivity contribution in [2.45, 2.75) is 111 Å². The van der Waals surface area contributed by atoms with E-state index in [0.717, 1.165) is 44.5 Å². The summed E-state index contributed by atoms with van der Waals surface area (Å²) in [7, 11) is 0. The quantitative estimate of drug-likeness (QED) is 0.154. The third-order valence-corrected chi connectivity index (χ3v) is 14.1. The molecule has 0 saturated carbocycles. The van der Waals surface area contributed by atoms with Gasteiger partial charge < -0.3 is 5.11 Å². The summed E-state index contributed by atoms with van der Waals surface area (Å²) in [5, 5.41) is 12.7. The summed E-state index contributed by atoms with van der Waals surface area (Å²) in [5.74, 6) is 0.359. The van der Waals surface area contributed by atoms with Gasteiger partial charge in [-0.15, -0.1) is 23.8 Å². The topological polar surface area (TPSA) is 50.9 Å². The monoisotopic (exact) mass is 1190 g/mol. The molecule has 0 bridgehead atoms. The number of pyridine rings is 1. The molecule has 8 aromatic carbocycles. The van der Waals surface area contributed by atoms with Crippen LogP contribution in [0.5, 0.6) is 5.75 Å². The van der Waals surface area contributed by atoms with Gasteiger partial charge in [0.25, 0.3) is 0 Å². The SMILES string of the molecule is [2H]C([2H])([2H])c1cc(-c2c(-c3ccccc3)cccc2C(C)(C)C)ccc1-n1c(-c2cc(C(C)(C)C)cc(C(C)(C)C)c2O)nc2c(-c3[c-]c(-c4cc(-c5ccc(C(C([2H])([2H])[2H])(C([2H])([2H])[2H])C([2H])([2H])[2H])cc5)ccn4)cc(-c4ccccc4)c3)cccc21.[Pt]. The number of nitrogens with zero attached hydrogens (tertiary/aromatic N) is 3. The average molecular weight is 1190 g/mol. The molecule has 0 spiro atoms. The van der Waals surface area contributed by atoms with E-state index in [-0.39, 0.29) is 48.8 Å². The van der Waals surface area contributed by atoms with Gasteiger partial charge in [0.15, 0.2) is 0 Å². The number of phenols is 1. The normalized spacial score (nSPS) is 15.2. The summed E-state index contributed by atoms with van der Waals surface area (Å²) in [6.07, 6.45) is 1.62. The zero-order valence-electron chi connectivity index (χ0n) is 56.4. The maximum absolute atomic E-state index is 12.7. The van der Waals surface area contributed by atoms with Crippen molar-refractivity contribution in [1.29, 1.82) is 0 Å². The van der Waals surface area contributed by atoms with Crippen molar-refractivity contribution in [3.8, 4) is 89.7 Å². The van der Waals surface area contributed by atoms with Crippen LogP contribution < -0.4 is 0 Å². The van der Waals surface area contributed by atoms with E-state index in [1.807, 2.05) is 114 Å². The maximum atomic E-state index is 12.7. The number of hydrogen-bond acceptors (Lipinski definition) is 3. The molecule has 0 saturated heterocycles. The molecule has 4 nitrogen and oxygen atoms in total. The van der Waals surface area contributed by atoms with Crippen molar-refractivity contribution in [3.05, 3.63) is 216 Å². The summed E-state index contributed by atoms with van der Waals surface area (Å²) >= 11 is 0. The number of aromatic nitrogens is 3. The predicted octanol–water partition coefficient (Wildman–Crippen LogP) is 19.1. The zero-order valence-corrected chi connectivity index (χ0v) is 46.7. The molecule has 76 heavy (non-hydrogen) atoms. The third kappa shape index (κ3) is 10.5. The fourth-order valence-corrected chi connectivity index (χ4v) is 10.1. The minimum atomic E-state index is -3.41. The number of phenolic OH excluding ortho intramolecular Hbond substituents is 1. The van der Waals surface area contributed by atoms with Gasteiger partial charge >= 0.3 is 0 Å². The molecule has 0 amide bonds. The predicted molar refractivity (Wildman–Crippen MR) is 317 cm³/mol. The van der Waals surface area contributed by atoms with E-state index in [1.165, 1.54) is 24.3 Å². The van der Waals surface area contributed by atoms with Crippen molar-refractivity contribution >= 4 is 11.0 Å². The molecule has 1 N–H and O–H groups in total. The molecule has 0 aliphatic carbocycles. The molecular formula is C71H70N3OPt-. The number of aryl methyl sites for hydroxylation is 1. The third-order valence-electron chi connectivity index (χ3n) is 14.1. The van der Waals surface area contributed by atoms with Crippen molar-refractivity contribution < 1.29 is 42.6 Å². The number of para-hydroxylation sites is 1. The second-order valence-electron chi connectivity index (χ2n) is 22.8. The number of hydrogen-bond donors (Lipinski definition) is 1. The number of imidazole rings is 1. The van der Waals surface area contributed by atoms with Crippen LogP contribution in [0.15, 0.2) is 182 Å². The first kappa shape index (κ1) is 40.2. The van der Waals surface area contributed by atoms with Crippen molar-refractivity contribution in [1.82, 2.24) is 14.5 Å². The van der Waals surface area contributed by atoms with E-state index < -0.39 is 38.2 Å². The van der Waals surface area contributed by atoms with Gasteiger partial charge in [0.05, 0.1) is 22.3 Å². The van der Waals surface area contributed by atoms with Gasteiger partial charge in [0.1, 0.15) is 11.6 Å². The molecule has 386 valence electrons. The van der Waals surface area contributed by atoms with Gasteiger partial charge in [-0.05, 0) is 120 Å². The van der Waals surface area contributed by atoms with Crippen LogP contribution in [0.25, 0.3) is 95.0 Å². The first-order valence-electron chi connectivity index (χ1n) is 31.5.